The summed E-state index contributed by atoms with van der Waals surface area (Å²) in [4.78, 5) is 30.2. The molecule has 0 aliphatic carbocycles. The Labute approximate surface area is 203 Å². The Hall–Kier alpha value is -3.76. The lowest BCUT2D eigenvalue weighted by Crippen LogP contribution is -2.33. The maximum absolute atomic E-state index is 13.1. The summed E-state index contributed by atoms with van der Waals surface area (Å²) in [7, 11) is -3.77. The number of carbonyl (C=O) groups is 1. The van der Waals surface area contributed by atoms with Crippen molar-refractivity contribution in [3.63, 3.8) is 0 Å². The lowest BCUT2D eigenvalue weighted by molar-refractivity contribution is -0.116. The fourth-order valence-electron chi connectivity index (χ4n) is 3.95. The van der Waals surface area contributed by atoms with Gasteiger partial charge < -0.3 is 9.88 Å². The van der Waals surface area contributed by atoms with Crippen LogP contribution in [-0.2, 0) is 21.4 Å². The zero-order valence-electron chi connectivity index (χ0n) is 19.8. The third-order valence-corrected chi connectivity index (χ3v) is 7.80. The van der Waals surface area contributed by atoms with Crippen LogP contribution in [0.2, 0.25) is 0 Å². The van der Waals surface area contributed by atoms with Gasteiger partial charge in [-0.25, -0.2) is 13.4 Å². The number of sulfonamides is 1. The number of carbonyl (C=O) groups excluding carboxylic acids is 1. The average Bonchev–Trinajstić information content (AvgIpc) is 3.21. The number of hydrogen-bond acceptors (Lipinski definition) is 5. The van der Waals surface area contributed by atoms with Crippen molar-refractivity contribution >= 4 is 27.4 Å². The van der Waals surface area contributed by atoms with E-state index in [1.165, 1.54) is 16.6 Å². The standard InChI is InChI=1S/C25H27N5O4S/c1-4-29(5-2)35(33,34)20-13-14-22(32)28(16-20)17-21(31)26-25-23(19-11-7-6-8-12-19)27-24-18(3)10-9-15-30(24)25/h6-16H,4-5,17H2,1-3H3,(H,26,31). The molecule has 0 saturated heterocycles. The topological polar surface area (TPSA) is 106 Å². The number of imidazole rings is 1. The van der Waals surface area contributed by atoms with Crippen LogP contribution in [-0.4, -0.2) is 45.7 Å². The van der Waals surface area contributed by atoms with E-state index in [1.807, 2.05) is 49.4 Å². The summed E-state index contributed by atoms with van der Waals surface area (Å²) in [6, 6.07) is 15.7. The number of nitrogens with one attached hydrogen (secondary N) is 1. The molecule has 35 heavy (non-hydrogen) atoms. The predicted molar refractivity (Wildman–Crippen MR) is 135 cm³/mol. The van der Waals surface area contributed by atoms with E-state index in [1.54, 1.807) is 24.4 Å². The number of fused-ring (bicyclic) bond motifs is 1. The van der Waals surface area contributed by atoms with Crippen molar-refractivity contribution in [3.8, 4) is 11.3 Å². The number of aryl methyl sites for hydroxylation is 1. The molecular formula is C25H27N5O4S. The van der Waals surface area contributed by atoms with Crippen LogP contribution in [0.5, 0.6) is 0 Å². The second-order valence-corrected chi connectivity index (χ2v) is 9.97. The average molecular weight is 494 g/mol. The molecule has 10 heteroatoms. The molecular weight excluding hydrogens is 466 g/mol. The van der Waals surface area contributed by atoms with Crippen LogP contribution in [0.4, 0.5) is 5.82 Å². The molecule has 3 heterocycles. The fourth-order valence-corrected chi connectivity index (χ4v) is 5.42. The van der Waals surface area contributed by atoms with Gasteiger partial charge in [0.25, 0.3) is 5.56 Å². The lowest BCUT2D eigenvalue weighted by Gasteiger charge is -2.19. The number of rotatable bonds is 8. The van der Waals surface area contributed by atoms with Gasteiger partial charge in [0, 0.05) is 37.1 Å². The molecule has 1 aromatic carbocycles. The Bertz CT molecular complexity index is 1540. The van der Waals surface area contributed by atoms with Crippen LogP contribution >= 0.6 is 0 Å². The lowest BCUT2D eigenvalue weighted by atomic mass is 10.1. The van der Waals surface area contributed by atoms with Crippen molar-refractivity contribution in [1.29, 1.82) is 0 Å². The van der Waals surface area contributed by atoms with Gasteiger partial charge in [-0.3, -0.25) is 14.0 Å². The molecule has 0 spiro atoms. The molecule has 9 nitrogen and oxygen atoms in total. The van der Waals surface area contributed by atoms with Gasteiger partial charge in [-0.15, -0.1) is 0 Å². The molecule has 4 aromatic rings. The Morgan fingerprint density at radius 2 is 1.74 bits per heavy atom. The zero-order valence-corrected chi connectivity index (χ0v) is 20.6. The number of amides is 1. The van der Waals surface area contributed by atoms with Crippen molar-refractivity contribution in [2.45, 2.75) is 32.2 Å². The molecule has 0 fully saturated rings. The molecule has 0 unspecified atom stereocenters. The van der Waals surface area contributed by atoms with Crippen LogP contribution in [0.25, 0.3) is 16.9 Å². The van der Waals surface area contributed by atoms with E-state index in [9.17, 15) is 18.0 Å². The van der Waals surface area contributed by atoms with Crippen LogP contribution < -0.4 is 10.9 Å². The quantitative estimate of drug-likeness (QED) is 0.406. The largest absolute Gasteiger partial charge is 0.308 e. The number of benzene rings is 1. The Kier molecular flexibility index (Phi) is 6.86. The van der Waals surface area contributed by atoms with E-state index in [2.05, 4.69) is 5.32 Å². The molecule has 0 aliphatic heterocycles. The Morgan fingerprint density at radius 3 is 2.43 bits per heavy atom. The van der Waals surface area contributed by atoms with Gasteiger partial charge in [0.2, 0.25) is 15.9 Å². The highest BCUT2D eigenvalue weighted by Gasteiger charge is 2.23. The highest BCUT2D eigenvalue weighted by Crippen LogP contribution is 2.29. The van der Waals surface area contributed by atoms with Crippen molar-refractivity contribution < 1.29 is 13.2 Å². The number of anilines is 1. The van der Waals surface area contributed by atoms with Crippen molar-refractivity contribution in [2.75, 3.05) is 18.4 Å². The molecule has 0 saturated carbocycles. The first kappa shape index (κ1) is 24.4. The maximum Gasteiger partial charge on any atom is 0.251 e. The Morgan fingerprint density at radius 1 is 1.03 bits per heavy atom. The normalized spacial score (nSPS) is 11.8. The van der Waals surface area contributed by atoms with Crippen LogP contribution in [0.1, 0.15) is 19.4 Å². The zero-order chi connectivity index (χ0) is 25.2. The SMILES string of the molecule is CCN(CC)S(=O)(=O)c1ccc(=O)n(CC(=O)Nc2c(-c3ccccc3)nc3c(C)cccn23)c1. The van der Waals surface area contributed by atoms with Gasteiger partial charge in [-0.1, -0.05) is 50.2 Å². The van der Waals surface area contributed by atoms with Crippen molar-refractivity contribution in [3.05, 3.63) is 82.9 Å². The number of aromatic nitrogens is 3. The van der Waals surface area contributed by atoms with Crippen LogP contribution in [0, 0.1) is 6.92 Å². The van der Waals surface area contributed by atoms with Gasteiger partial charge in [0.1, 0.15) is 23.7 Å². The summed E-state index contributed by atoms with van der Waals surface area (Å²) < 4.78 is 29.9. The predicted octanol–water partition coefficient (Wildman–Crippen LogP) is 3.14. The third kappa shape index (κ3) is 4.75. The van der Waals surface area contributed by atoms with E-state index in [4.69, 9.17) is 4.98 Å². The van der Waals surface area contributed by atoms with Crippen LogP contribution in [0.15, 0.2) is 76.7 Å². The number of pyridine rings is 2. The van der Waals surface area contributed by atoms with Gasteiger partial charge in [-0.05, 0) is 24.6 Å². The molecule has 4 rings (SSSR count). The van der Waals surface area contributed by atoms with Gasteiger partial charge >= 0.3 is 0 Å². The highest BCUT2D eigenvalue weighted by molar-refractivity contribution is 7.89. The second-order valence-electron chi connectivity index (χ2n) is 8.03. The summed E-state index contributed by atoms with van der Waals surface area (Å²) in [5.41, 5.74) is 2.59. The summed E-state index contributed by atoms with van der Waals surface area (Å²) in [5, 5.41) is 2.88. The highest BCUT2D eigenvalue weighted by atomic mass is 32.2. The minimum absolute atomic E-state index is 0.0380. The van der Waals surface area contributed by atoms with Crippen molar-refractivity contribution in [2.24, 2.45) is 0 Å². The van der Waals surface area contributed by atoms with E-state index < -0.39 is 21.5 Å². The van der Waals surface area contributed by atoms with E-state index in [0.717, 1.165) is 21.8 Å². The first-order chi connectivity index (χ1) is 16.8. The second kappa shape index (κ2) is 9.85. The van der Waals surface area contributed by atoms with E-state index in [-0.39, 0.29) is 11.4 Å². The molecule has 1 N–H and O–H groups in total. The molecule has 182 valence electrons. The third-order valence-electron chi connectivity index (χ3n) is 5.76. The van der Waals surface area contributed by atoms with E-state index >= 15 is 0 Å². The van der Waals surface area contributed by atoms with Crippen LogP contribution in [0.3, 0.4) is 0 Å². The molecule has 0 atom stereocenters. The first-order valence-corrected chi connectivity index (χ1v) is 12.7. The fraction of sp³-hybridized carbons (Fsp3) is 0.240. The molecule has 0 radical (unpaired) electrons. The van der Waals surface area contributed by atoms with Gasteiger partial charge in [0.15, 0.2) is 0 Å². The number of hydrogen-bond donors (Lipinski definition) is 1. The smallest absolute Gasteiger partial charge is 0.251 e. The monoisotopic (exact) mass is 493 g/mol. The molecule has 0 bridgehead atoms. The molecule has 1 amide bonds. The maximum atomic E-state index is 13.1. The van der Waals surface area contributed by atoms with Gasteiger partial charge in [0.05, 0.1) is 4.90 Å². The van der Waals surface area contributed by atoms with Gasteiger partial charge in [-0.2, -0.15) is 4.31 Å². The summed E-state index contributed by atoms with van der Waals surface area (Å²) in [6.45, 7) is 5.67. The summed E-state index contributed by atoms with van der Waals surface area (Å²) in [6.07, 6.45) is 3.02. The summed E-state index contributed by atoms with van der Waals surface area (Å²) >= 11 is 0. The molecule has 0 aliphatic rings. The molecule has 3 aromatic heterocycles. The number of nitrogens with zero attached hydrogens (tertiary/aromatic N) is 4. The van der Waals surface area contributed by atoms with E-state index in [0.29, 0.717) is 30.2 Å². The Balaban J connectivity index is 1.69. The summed E-state index contributed by atoms with van der Waals surface area (Å²) in [5.74, 6) is -0.00941. The minimum atomic E-state index is -3.77. The first-order valence-electron chi connectivity index (χ1n) is 11.3. The van der Waals surface area contributed by atoms with Crippen molar-refractivity contribution in [1.82, 2.24) is 18.3 Å². The minimum Gasteiger partial charge on any atom is -0.308 e.